The Kier molecular flexibility index (Phi) is 4.59. The maximum Gasteiger partial charge on any atom is 0.308 e. The van der Waals surface area contributed by atoms with Crippen molar-refractivity contribution in [2.24, 2.45) is 0 Å². The van der Waals surface area contributed by atoms with Gasteiger partial charge in [-0.25, -0.2) is 8.42 Å². The van der Waals surface area contributed by atoms with Crippen LogP contribution in [0.2, 0.25) is 0 Å². The number of aliphatic hydroxyl groups excluding tert-OH is 1. The summed E-state index contributed by atoms with van der Waals surface area (Å²) in [5, 5.41) is 11.4. The molecule has 21 heavy (non-hydrogen) atoms. The quantitative estimate of drug-likeness (QED) is 0.847. The molecule has 0 aliphatic heterocycles. The molecule has 6 heteroatoms. The SMILES string of the molecule is COC(=O)C[C@H](O)CS(=O)(=O)c1ccc2ccccc2c1. The summed E-state index contributed by atoms with van der Waals surface area (Å²) < 4.78 is 28.9. The normalized spacial score (nSPS) is 13.0. The zero-order valence-corrected chi connectivity index (χ0v) is 12.3. The Morgan fingerprint density at radius 1 is 1.19 bits per heavy atom. The van der Waals surface area contributed by atoms with Gasteiger partial charge in [-0.2, -0.15) is 0 Å². The first-order chi connectivity index (χ1) is 9.92. The number of methoxy groups -OCH3 is 1. The molecule has 0 spiro atoms. The van der Waals surface area contributed by atoms with Crippen molar-refractivity contribution < 1.29 is 23.1 Å². The van der Waals surface area contributed by atoms with Crippen molar-refractivity contribution in [1.29, 1.82) is 0 Å². The van der Waals surface area contributed by atoms with Crippen LogP contribution in [0.5, 0.6) is 0 Å². The molecular formula is C15H16O5S. The Morgan fingerprint density at radius 3 is 2.52 bits per heavy atom. The third-order valence-corrected chi connectivity index (χ3v) is 4.92. The summed E-state index contributed by atoms with van der Waals surface area (Å²) in [7, 11) is -2.48. The number of rotatable bonds is 5. The highest BCUT2D eigenvalue weighted by molar-refractivity contribution is 7.91. The predicted molar refractivity (Wildman–Crippen MR) is 78.6 cm³/mol. The van der Waals surface area contributed by atoms with Crippen LogP contribution in [0.3, 0.4) is 0 Å². The summed E-state index contributed by atoms with van der Waals surface area (Å²) in [6.45, 7) is 0. The van der Waals surface area contributed by atoms with Crippen molar-refractivity contribution in [3.05, 3.63) is 42.5 Å². The molecule has 0 aromatic heterocycles. The van der Waals surface area contributed by atoms with E-state index >= 15 is 0 Å². The zero-order valence-electron chi connectivity index (χ0n) is 11.5. The van der Waals surface area contributed by atoms with Gasteiger partial charge in [-0.1, -0.05) is 30.3 Å². The van der Waals surface area contributed by atoms with E-state index in [0.29, 0.717) is 0 Å². The Morgan fingerprint density at radius 2 is 1.86 bits per heavy atom. The van der Waals surface area contributed by atoms with E-state index in [9.17, 15) is 18.3 Å². The molecule has 5 nitrogen and oxygen atoms in total. The molecule has 0 saturated heterocycles. The smallest absolute Gasteiger partial charge is 0.308 e. The molecule has 0 unspecified atom stereocenters. The van der Waals surface area contributed by atoms with Gasteiger partial charge < -0.3 is 9.84 Å². The van der Waals surface area contributed by atoms with E-state index in [1.807, 2.05) is 24.3 Å². The molecular weight excluding hydrogens is 292 g/mol. The standard InChI is InChI=1S/C15H16O5S/c1-20-15(17)9-13(16)10-21(18,19)14-7-6-11-4-2-3-5-12(11)8-14/h2-8,13,16H,9-10H2,1H3/t13-/m0/s1. The van der Waals surface area contributed by atoms with Gasteiger partial charge in [0, 0.05) is 0 Å². The van der Waals surface area contributed by atoms with Crippen LogP contribution in [0.4, 0.5) is 0 Å². The van der Waals surface area contributed by atoms with Crippen LogP contribution in [-0.2, 0) is 19.4 Å². The van der Waals surface area contributed by atoms with Crippen LogP contribution in [0.15, 0.2) is 47.4 Å². The molecule has 2 aromatic carbocycles. The first-order valence-corrected chi connectivity index (χ1v) is 8.04. The van der Waals surface area contributed by atoms with Crippen LogP contribution in [0.25, 0.3) is 10.8 Å². The fraction of sp³-hybridized carbons (Fsp3) is 0.267. The molecule has 0 aliphatic rings. The number of fused-ring (bicyclic) bond motifs is 1. The Labute approximate surface area is 123 Å². The molecule has 0 amide bonds. The number of hydrogen-bond donors (Lipinski definition) is 1. The van der Waals surface area contributed by atoms with Gasteiger partial charge in [0.15, 0.2) is 9.84 Å². The fourth-order valence-corrected chi connectivity index (χ4v) is 3.44. The van der Waals surface area contributed by atoms with E-state index in [4.69, 9.17) is 0 Å². The van der Waals surface area contributed by atoms with Gasteiger partial charge in [-0.15, -0.1) is 0 Å². The molecule has 0 aliphatic carbocycles. The second-order valence-electron chi connectivity index (χ2n) is 4.72. The van der Waals surface area contributed by atoms with Crippen molar-refractivity contribution in [1.82, 2.24) is 0 Å². The zero-order chi connectivity index (χ0) is 15.5. The second kappa shape index (κ2) is 6.24. The van der Waals surface area contributed by atoms with Crippen LogP contribution in [-0.4, -0.2) is 38.5 Å². The lowest BCUT2D eigenvalue weighted by atomic mass is 10.1. The van der Waals surface area contributed by atoms with Gasteiger partial charge >= 0.3 is 5.97 Å². The molecule has 2 rings (SSSR count). The number of esters is 1. The van der Waals surface area contributed by atoms with Gasteiger partial charge in [0.2, 0.25) is 0 Å². The van der Waals surface area contributed by atoms with Crippen LogP contribution < -0.4 is 0 Å². The van der Waals surface area contributed by atoms with Gasteiger partial charge in [-0.05, 0) is 22.9 Å². The summed E-state index contributed by atoms with van der Waals surface area (Å²) >= 11 is 0. The third kappa shape index (κ3) is 3.80. The number of benzene rings is 2. The number of aliphatic hydroxyl groups is 1. The highest BCUT2D eigenvalue weighted by Crippen LogP contribution is 2.20. The molecule has 0 heterocycles. The van der Waals surface area contributed by atoms with Crippen molar-refractivity contribution in [3.8, 4) is 0 Å². The molecule has 0 radical (unpaired) electrons. The van der Waals surface area contributed by atoms with Gasteiger partial charge in [0.25, 0.3) is 0 Å². The lowest BCUT2D eigenvalue weighted by molar-refractivity contribution is -0.142. The number of hydrogen-bond acceptors (Lipinski definition) is 5. The Bertz CT molecular complexity index is 752. The summed E-state index contributed by atoms with van der Waals surface area (Å²) in [5.74, 6) is -1.16. The summed E-state index contributed by atoms with van der Waals surface area (Å²) in [6.07, 6.45) is -1.63. The number of carbonyl (C=O) groups excluding carboxylic acids is 1. The summed E-state index contributed by atoms with van der Waals surface area (Å²) in [6, 6.07) is 12.2. The molecule has 2 aromatic rings. The third-order valence-electron chi connectivity index (χ3n) is 3.12. The Balaban J connectivity index is 2.23. The minimum atomic E-state index is -3.66. The molecule has 0 saturated carbocycles. The first kappa shape index (κ1) is 15.5. The largest absolute Gasteiger partial charge is 0.469 e. The van der Waals surface area contributed by atoms with Crippen molar-refractivity contribution in [3.63, 3.8) is 0 Å². The maximum absolute atomic E-state index is 12.2. The topological polar surface area (TPSA) is 80.7 Å². The average Bonchev–Trinajstić information content (AvgIpc) is 2.45. The highest BCUT2D eigenvalue weighted by Gasteiger charge is 2.22. The van der Waals surface area contributed by atoms with E-state index in [0.717, 1.165) is 10.8 Å². The van der Waals surface area contributed by atoms with Gasteiger partial charge in [0.05, 0.1) is 30.3 Å². The lowest BCUT2D eigenvalue weighted by Gasteiger charge is -2.10. The fourth-order valence-electron chi connectivity index (χ4n) is 2.05. The molecule has 1 atom stereocenters. The molecule has 0 fully saturated rings. The van der Waals surface area contributed by atoms with Crippen molar-refractivity contribution >= 4 is 26.6 Å². The number of carbonyl (C=O) groups is 1. The van der Waals surface area contributed by atoms with Crippen LogP contribution in [0.1, 0.15) is 6.42 Å². The second-order valence-corrected chi connectivity index (χ2v) is 6.76. The molecule has 1 N–H and O–H groups in total. The van der Waals surface area contributed by atoms with E-state index in [2.05, 4.69) is 4.74 Å². The first-order valence-electron chi connectivity index (χ1n) is 6.39. The minimum Gasteiger partial charge on any atom is -0.469 e. The highest BCUT2D eigenvalue weighted by atomic mass is 32.2. The van der Waals surface area contributed by atoms with E-state index in [-0.39, 0.29) is 11.3 Å². The average molecular weight is 308 g/mol. The summed E-state index contributed by atoms with van der Waals surface area (Å²) in [5.41, 5.74) is 0. The van der Waals surface area contributed by atoms with Gasteiger partial charge in [-0.3, -0.25) is 4.79 Å². The van der Waals surface area contributed by atoms with Crippen LogP contribution in [0, 0.1) is 0 Å². The van der Waals surface area contributed by atoms with Crippen LogP contribution >= 0.6 is 0 Å². The predicted octanol–water partition coefficient (Wildman–Crippen LogP) is 1.54. The Hall–Kier alpha value is -1.92. The van der Waals surface area contributed by atoms with Crippen molar-refractivity contribution in [2.75, 3.05) is 12.9 Å². The number of ether oxygens (including phenoxy) is 1. The van der Waals surface area contributed by atoms with Gasteiger partial charge in [0.1, 0.15) is 0 Å². The lowest BCUT2D eigenvalue weighted by Crippen LogP contribution is -2.24. The maximum atomic E-state index is 12.2. The molecule has 0 bridgehead atoms. The minimum absolute atomic E-state index is 0.130. The number of sulfone groups is 1. The summed E-state index contributed by atoms with van der Waals surface area (Å²) in [4.78, 5) is 11.2. The van der Waals surface area contributed by atoms with E-state index < -0.39 is 27.7 Å². The van der Waals surface area contributed by atoms with Crippen molar-refractivity contribution in [2.45, 2.75) is 17.4 Å². The molecule has 112 valence electrons. The van der Waals surface area contributed by atoms with E-state index in [1.54, 1.807) is 12.1 Å². The monoisotopic (exact) mass is 308 g/mol. The van der Waals surface area contributed by atoms with E-state index in [1.165, 1.54) is 13.2 Å².